The SMILES string of the molecule is O=C(CC(F)(F)F)Nc1cccc(C(=O)N2CCCC(CO)C2)c1. The fraction of sp³-hybridized carbons (Fsp3) is 0.500. The molecule has 2 rings (SSSR count). The molecule has 2 N–H and O–H groups in total. The number of anilines is 1. The van der Waals surface area contributed by atoms with Gasteiger partial charge in [-0.15, -0.1) is 0 Å². The number of hydrogen-bond acceptors (Lipinski definition) is 3. The zero-order chi connectivity index (χ0) is 17.7. The molecule has 1 saturated heterocycles. The number of carbonyl (C=O) groups is 2. The van der Waals surface area contributed by atoms with Gasteiger partial charge in [0.15, 0.2) is 0 Å². The van der Waals surface area contributed by atoms with Gasteiger partial charge >= 0.3 is 6.18 Å². The van der Waals surface area contributed by atoms with Crippen LogP contribution in [0.25, 0.3) is 0 Å². The Bertz CT molecular complexity index is 604. The van der Waals surface area contributed by atoms with Crippen LogP contribution >= 0.6 is 0 Å². The van der Waals surface area contributed by atoms with E-state index in [-0.39, 0.29) is 24.1 Å². The van der Waals surface area contributed by atoms with Crippen LogP contribution in [0.5, 0.6) is 0 Å². The van der Waals surface area contributed by atoms with Crippen LogP contribution in [-0.4, -0.2) is 47.7 Å². The van der Waals surface area contributed by atoms with E-state index in [1.807, 2.05) is 0 Å². The van der Waals surface area contributed by atoms with Crippen molar-refractivity contribution in [2.75, 3.05) is 25.0 Å². The minimum absolute atomic E-state index is 0.0112. The van der Waals surface area contributed by atoms with Gasteiger partial charge in [0.1, 0.15) is 6.42 Å². The fourth-order valence-corrected chi connectivity index (χ4v) is 2.70. The summed E-state index contributed by atoms with van der Waals surface area (Å²) >= 11 is 0. The van der Waals surface area contributed by atoms with Gasteiger partial charge in [-0.25, -0.2) is 0 Å². The fourth-order valence-electron chi connectivity index (χ4n) is 2.70. The Balaban J connectivity index is 2.04. The Morgan fingerprint density at radius 3 is 2.75 bits per heavy atom. The van der Waals surface area contributed by atoms with Crippen molar-refractivity contribution in [2.45, 2.75) is 25.4 Å². The summed E-state index contributed by atoms with van der Waals surface area (Å²) in [5.41, 5.74) is 0.434. The predicted molar refractivity (Wildman–Crippen MR) is 81.5 cm³/mol. The molecule has 1 heterocycles. The molecular formula is C16H19F3N2O3. The third-order valence-corrected chi connectivity index (χ3v) is 3.82. The molecular weight excluding hydrogens is 325 g/mol. The van der Waals surface area contributed by atoms with Gasteiger partial charge in [-0.3, -0.25) is 9.59 Å². The van der Waals surface area contributed by atoms with Crippen molar-refractivity contribution in [3.63, 3.8) is 0 Å². The van der Waals surface area contributed by atoms with E-state index in [0.717, 1.165) is 12.8 Å². The number of aliphatic hydroxyl groups is 1. The number of aliphatic hydroxyl groups excluding tert-OH is 1. The number of hydrogen-bond donors (Lipinski definition) is 2. The van der Waals surface area contributed by atoms with Gasteiger partial charge in [-0.1, -0.05) is 6.07 Å². The molecule has 0 radical (unpaired) electrons. The Morgan fingerprint density at radius 2 is 2.08 bits per heavy atom. The maximum absolute atomic E-state index is 12.5. The summed E-state index contributed by atoms with van der Waals surface area (Å²) in [4.78, 5) is 25.4. The summed E-state index contributed by atoms with van der Waals surface area (Å²) in [6.07, 6.45) is -4.51. The van der Waals surface area contributed by atoms with Crippen LogP contribution in [-0.2, 0) is 4.79 Å². The first-order valence-corrected chi connectivity index (χ1v) is 7.65. The van der Waals surface area contributed by atoms with E-state index in [1.165, 1.54) is 18.2 Å². The average Bonchev–Trinajstić information content (AvgIpc) is 2.52. The van der Waals surface area contributed by atoms with Crippen LogP contribution in [0.1, 0.15) is 29.6 Å². The van der Waals surface area contributed by atoms with E-state index in [4.69, 9.17) is 0 Å². The monoisotopic (exact) mass is 344 g/mol. The van der Waals surface area contributed by atoms with E-state index in [9.17, 15) is 27.9 Å². The number of halogens is 3. The molecule has 1 aliphatic rings. The van der Waals surface area contributed by atoms with E-state index in [2.05, 4.69) is 5.32 Å². The molecule has 24 heavy (non-hydrogen) atoms. The lowest BCUT2D eigenvalue weighted by Crippen LogP contribution is -2.40. The molecule has 0 spiro atoms. The molecule has 0 bridgehead atoms. The van der Waals surface area contributed by atoms with Gasteiger partial charge in [0.25, 0.3) is 5.91 Å². The van der Waals surface area contributed by atoms with Crippen molar-refractivity contribution in [3.8, 4) is 0 Å². The van der Waals surface area contributed by atoms with Gasteiger partial charge in [-0.2, -0.15) is 13.2 Å². The first-order valence-electron chi connectivity index (χ1n) is 7.65. The zero-order valence-corrected chi connectivity index (χ0v) is 13.0. The highest BCUT2D eigenvalue weighted by atomic mass is 19.4. The van der Waals surface area contributed by atoms with Gasteiger partial charge in [0, 0.05) is 30.9 Å². The second-order valence-corrected chi connectivity index (χ2v) is 5.86. The lowest BCUT2D eigenvalue weighted by atomic mass is 9.98. The van der Waals surface area contributed by atoms with Gasteiger partial charge in [-0.05, 0) is 37.0 Å². The number of piperidine rings is 1. The summed E-state index contributed by atoms with van der Waals surface area (Å²) in [7, 11) is 0. The highest BCUT2D eigenvalue weighted by molar-refractivity contribution is 5.97. The Hall–Kier alpha value is -2.09. The molecule has 0 aromatic heterocycles. The van der Waals surface area contributed by atoms with Crippen molar-refractivity contribution < 1.29 is 27.9 Å². The number of benzene rings is 1. The van der Waals surface area contributed by atoms with E-state index >= 15 is 0 Å². The summed E-state index contributed by atoms with van der Waals surface area (Å²) in [6.45, 7) is 1.03. The second kappa shape index (κ2) is 7.65. The van der Waals surface area contributed by atoms with E-state index in [1.54, 1.807) is 11.0 Å². The number of nitrogens with zero attached hydrogens (tertiary/aromatic N) is 1. The normalized spacial score (nSPS) is 18.3. The summed E-state index contributed by atoms with van der Waals surface area (Å²) in [6, 6.07) is 5.84. The Kier molecular flexibility index (Phi) is 5.82. The van der Waals surface area contributed by atoms with Crippen LogP contribution in [0.3, 0.4) is 0 Å². The van der Waals surface area contributed by atoms with Gasteiger partial charge in [0.05, 0.1) is 0 Å². The number of nitrogens with one attached hydrogen (secondary N) is 1. The topological polar surface area (TPSA) is 69.6 Å². The quantitative estimate of drug-likeness (QED) is 0.881. The molecule has 1 unspecified atom stereocenters. The van der Waals surface area contributed by atoms with Crippen molar-refractivity contribution >= 4 is 17.5 Å². The first-order chi connectivity index (χ1) is 11.3. The standard InChI is InChI=1S/C16H19F3N2O3/c17-16(18,19)8-14(23)20-13-5-1-4-12(7-13)15(24)21-6-2-3-11(9-21)10-22/h1,4-5,7,11,22H,2-3,6,8-10H2,(H,20,23). The molecule has 8 heteroatoms. The maximum atomic E-state index is 12.5. The molecule has 0 aliphatic carbocycles. The van der Waals surface area contributed by atoms with E-state index < -0.39 is 18.5 Å². The van der Waals surface area contributed by atoms with Gasteiger partial charge in [0.2, 0.25) is 5.91 Å². The Morgan fingerprint density at radius 1 is 1.33 bits per heavy atom. The first kappa shape index (κ1) is 18.3. The summed E-state index contributed by atoms with van der Waals surface area (Å²) < 4.78 is 36.6. The van der Waals surface area contributed by atoms with Crippen LogP contribution in [0, 0.1) is 5.92 Å². The molecule has 1 aliphatic heterocycles. The highest BCUT2D eigenvalue weighted by Gasteiger charge is 2.31. The number of likely N-dealkylation sites (tertiary alicyclic amines) is 1. The lowest BCUT2D eigenvalue weighted by Gasteiger charge is -2.32. The van der Waals surface area contributed by atoms with E-state index in [0.29, 0.717) is 18.7 Å². The van der Waals surface area contributed by atoms with Crippen molar-refractivity contribution in [3.05, 3.63) is 29.8 Å². The minimum atomic E-state index is -4.58. The van der Waals surface area contributed by atoms with Crippen molar-refractivity contribution in [2.24, 2.45) is 5.92 Å². The minimum Gasteiger partial charge on any atom is -0.396 e. The molecule has 1 fully saturated rings. The molecule has 5 nitrogen and oxygen atoms in total. The summed E-state index contributed by atoms with van der Waals surface area (Å²) in [5, 5.41) is 11.4. The van der Waals surface area contributed by atoms with Crippen LogP contribution in [0.15, 0.2) is 24.3 Å². The molecule has 1 atom stereocenters. The number of amides is 2. The lowest BCUT2D eigenvalue weighted by molar-refractivity contribution is -0.150. The largest absolute Gasteiger partial charge is 0.397 e. The second-order valence-electron chi connectivity index (χ2n) is 5.86. The summed E-state index contributed by atoms with van der Waals surface area (Å²) in [5.74, 6) is -1.40. The smallest absolute Gasteiger partial charge is 0.396 e. The van der Waals surface area contributed by atoms with Crippen molar-refractivity contribution in [1.82, 2.24) is 4.90 Å². The third kappa shape index (κ3) is 5.23. The third-order valence-electron chi connectivity index (χ3n) is 3.82. The van der Waals surface area contributed by atoms with Crippen molar-refractivity contribution in [1.29, 1.82) is 0 Å². The highest BCUT2D eigenvalue weighted by Crippen LogP contribution is 2.22. The zero-order valence-electron chi connectivity index (χ0n) is 13.0. The van der Waals surface area contributed by atoms with Crippen LogP contribution < -0.4 is 5.32 Å². The predicted octanol–water partition coefficient (Wildman–Crippen LogP) is 2.42. The number of alkyl halides is 3. The number of rotatable bonds is 4. The molecule has 2 amide bonds. The molecule has 1 aromatic rings. The van der Waals surface area contributed by atoms with Crippen LogP contribution in [0.2, 0.25) is 0 Å². The van der Waals surface area contributed by atoms with Crippen LogP contribution in [0.4, 0.5) is 18.9 Å². The maximum Gasteiger partial charge on any atom is 0.397 e. The Labute approximate surface area is 137 Å². The average molecular weight is 344 g/mol. The molecule has 0 saturated carbocycles. The number of carbonyl (C=O) groups excluding carboxylic acids is 2. The molecule has 1 aromatic carbocycles. The molecule has 132 valence electrons. The van der Waals surface area contributed by atoms with Gasteiger partial charge < -0.3 is 15.3 Å².